The molecule has 0 bridgehead atoms. The molecule has 3 nitrogen and oxygen atoms in total. The molecule has 0 amide bonds. The number of likely N-dealkylation sites (tertiary alicyclic amines) is 1. The van der Waals surface area contributed by atoms with E-state index in [0.717, 1.165) is 19.5 Å². The first-order valence-electron chi connectivity index (χ1n) is 6.66. The highest BCUT2D eigenvalue weighted by atomic mass is 16.4. The maximum Gasteiger partial charge on any atom is 0.304 e. The maximum atomic E-state index is 11.0. The smallest absolute Gasteiger partial charge is 0.304 e. The zero-order valence-corrected chi connectivity index (χ0v) is 10.9. The normalized spacial score (nSPS) is 17.8. The van der Waals surface area contributed by atoms with Crippen molar-refractivity contribution in [2.75, 3.05) is 13.1 Å². The third kappa shape index (κ3) is 3.57. The molecule has 0 radical (unpaired) electrons. The standard InChI is InChI=1S/C15H21NO2/c1-12-4-6-13(7-5-12)10-14(11-15(17)18)16-8-2-3-9-16/h4-7,14H,2-3,8-11H2,1H3,(H,17,18). The van der Waals surface area contributed by atoms with Crippen LogP contribution in [0, 0.1) is 6.92 Å². The summed E-state index contributed by atoms with van der Waals surface area (Å²) in [5, 5.41) is 9.04. The number of carbonyl (C=O) groups is 1. The third-order valence-corrected chi connectivity index (χ3v) is 3.66. The topological polar surface area (TPSA) is 40.5 Å². The van der Waals surface area contributed by atoms with Gasteiger partial charge in [0, 0.05) is 6.04 Å². The highest BCUT2D eigenvalue weighted by Gasteiger charge is 2.24. The Hall–Kier alpha value is -1.35. The Bertz CT molecular complexity index is 393. The van der Waals surface area contributed by atoms with Gasteiger partial charge in [0.1, 0.15) is 0 Å². The molecule has 0 aromatic heterocycles. The van der Waals surface area contributed by atoms with Crippen molar-refractivity contribution in [2.45, 2.75) is 38.6 Å². The Morgan fingerprint density at radius 3 is 2.44 bits per heavy atom. The summed E-state index contributed by atoms with van der Waals surface area (Å²) in [4.78, 5) is 13.3. The second-order valence-corrected chi connectivity index (χ2v) is 5.18. The van der Waals surface area contributed by atoms with Gasteiger partial charge in [-0.15, -0.1) is 0 Å². The monoisotopic (exact) mass is 247 g/mol. The van der Waals surface area contributed by atoms with Crippen LogP contribution in [0.25, 0.3) is 0 Å². The Labute approximate surface area is 108 Å². The minimum Gasteiger partial charge on any atom is -0.481 e. The minimum absolute atomic E-state index is 0.146. The van der Waals surface area contributed by atoms with Crippen LogP contribution in [0.5, 0.6) is 0 Å². The predicted molar refractivity (Wildman–Crippen MR) is 71.7 cm³/mol. The van der Waals surface area contributed by atoms with E-state index < -0.39 is 5.97 Å². The van der Waals surface area contributed by atoms with Crippen LogP contribution in [0.2, 0.25) is 0 Å². The number of aryl methyl sites for hydroxylation is 1. The fourth-order valence-electron chi connectivity index (χ4n) is 2.63. The second-order valence-electron chi connectivity index (χ2n) is 5.18. The molecular weight excluding hydrogens is 226 g/mol. The van der Waals surface area contributed by atoms with Gasteiger partial charge in [-0.2, -0.15) is 0 Å². The quantitative estimate of drug-likeness (QED) is 0.869. The average molecular weight is 247 g/mol. The van der Waals surface area contributed by atoms with Gasteiger partial charge in [-0.05, 0) is 44.8 Å². The molecule has 1 atom stereocenters. The molecule has 1 aromatic carbocycles. The molecule has 1 saturated heterocycles. The lowest BCUT2D eigenvalue weighted by Crippen LogP contribution is -2.36. The van der Waals surface area contributed by atoms with Crippen molar-refractivity contribution in [3.05, 3.63) is 35.4 Å². The number of carboxylic acids is 1. The molecular formula is C15H21NO2. The molecule has 1 aliphatic heterocycles. The molecule has 2 rings (SSSR count). The van der Waals surface area contributed by atoms with Crippen LogP contribution < -0.4 is 0 Å². The summed E-state index contributed by atoms with van der Waals surface area (Å²) in [5.74, 6) is -0.695. The van der Waals surface area contributed by atoms with Gasteiger partial charge in [-0.3, -0.25) is 9.69 Å². The lowest BCUT2D eigenvalue weighted by atomic mass is 10.0. The highest BCUT2D eigenvalue weighted by molar-refractivity contribution is 5.67. The summed E-state index contributed by atoms with van der Waals surface area (Å²) in [6.45, 7) is 4.16. The SMILES string of the molecule is Cc1ccc(CC(CC(=O)O)N2CCCC2)cc1. The molecule has 0 aliphatic carbocycles. The summed E-state index contributed by atoms with van der Waals surface area (Å²) in [6, 6.07) is 8.56. The van der Waals surface area contributed by atoms with E-state index in [4.69, 9.17) is 5.11 Å². The summed E-state index contributed by atoms with van der Waals surface area (Å²) in [7, 11) is 0. The number of carboxylic acid groups (broad SMARTS) is 1. The van der Waals surface area contributed by atoms with E-state index in [1.54, 1.807) is 0 Å². The molecule has 0 spiro atoms. The minimum atomic E-state index is -0.695. The van der Waals surface area contributed by atoms with Crippen molar-refractivity contribution >= 4 is 5.97 Å². The van der Waals surface area contributed by atoms with E-state index in [2.05, 4.69) is 36.1 Å². The number of nitrogens with zero attached hydrogens (tertiary/aromatic N) is 1. The van der Waals surface area contributed by atoms with Crippen LogP contribution in [0.4, 0.5) is 0 Å². The van der Waals surface area contributed by atoms with Gasteiger partial charge >= 0.3 is 5.97 Å². The van der Waals surface area contributed by atoms with Gasteiger partial charge in [-0.1, -0.05) is 29.8 Å². The van der Waals surface area contributed by atoms with Gasteiger partial charge < -0.3 is 5.11 Å². The molecule has 1 aliphatic rings. The number of hydrogen-bond donors (Lipinski definition) is 1. The fraction of sp³-hybridized carbons (Fsp3) is 0.533. The molecule has 18 heavy (non-hydrogen) atoms. The number of hydrogen-bond acceptors (Lipinski definition) is 2. The Balaban J connectivity index is 2.03. The molecule has 1 unspecified atom stereocenters. The zero-order chi connectivity index (χ0) is 13.0. The van der Waals surface area contributed by atoms with Crippen LogP contribution in [0.1, 0.15) is 30.4 Å². The molecule has 3 heteroatoms. The van der Waals surface area contributed by atoms with Crippen molar-refractivity contribution in [3.63, 3.8) is 0 Å². The Morgan fingerprint density at radius 1 is 1.28 bits per heavy atom. The van der Waals surface area contributed by atoms with Crippen LogP contribution >= 0.6 is 0 Å². The van der Waals surface area contributed by atoms with E-state index in [-0.39, 0.29) is 12.5 Å². The average Bonchev–Trinajstić information content (AvgIpc) is 2.84. The lowest BCUT2D eigenvalue weighted by molar-refractivity contribution is -0.138. The predicted octanol–water partition coefficient (Wildman–Crippen LogP) is 2.48. The van der Waals surface area contributed by atoms with E-state index in [0.29, 0.717) is 0 Å². The van der Waals surface area contributed by atoms with Gasteiger partial charge in [0.05, 0.1) is 6.42 Å². The lowest BCUT2D eigenvalue weighted by Gasteiger charge is -2.26. The van der Waals surface area contributed by atoms with E-state index in [1.807, 2.05) is 0 Å². The number of aliphatic carboxylic acids is 1. The van der Waals surface area contributed by atoms with Crippen molar-refractivity contribution in [3.8, 4) is 0 Å². The summed E-state index contributed by atoms with van der Waals surface area (Å²) in [6.07, 6.45) is 3.48. The summed E-state index contributed by atoms with van der Waals surface area (Å²) >= 11 is 0. The van der Waals surface area contributed by atoms with Crippen molar-refractivity contribution in [1.82, 2.24) is 4.90 Å². The van der Waals surface area contributed by atoms with Gasteiger partial charge in [0.15, 0.2) is 0 Å². The highest BCUT2D eigenvalue weighted by Crippen LogP contribution is 2.18. The number of benzene rings is 1. The first-order valence-corrected chi connectivity index (χ1v) is 6.66. The van der Waals surface area contributed by atoms with E-state index >= 15 is 0 Å². The number of rotatable bonds is 5. The van der Waals surface area contributed by atoms with Crippen LogP contribution in [0.3, 0.4) is 0 Å². The van der Waals surface area contributed by atoms with Crippen LogP contribution in [0.15, 0.2) is 24.3 Å². The summed E-state index contributed by atoms with van der Waals surface area (Å²) in [5.41, 5.74) is 2.48. The Morgan fingerprint density at radius 2 is 1.89 bits per heavy atom. The molecule has 1 aromatic rings. The largest absolute Gasteiger partial charge is 0.481 e. The van der Waals surface area contributed by atoms with E-state index in [1.165, 1.54) is 24.0 Å². The first-order chi connectivity index (χ1) is 8.65. The Kier molecular flexibility index (Phi) is 4.37. The van der Waals surface area contributed by atoms with Crippen LogP contribution in [-0.2, 0) is 11.2 Å². The maximum absolute atomic E-state index is 11.0. The molecule has 1 fully saturated rings. The van der Waals surface area contributed by atoms with E-state index in [9.17, 15) is 4.79 Å². The van der Waals surface area contributed by atoms with Crippen molar-refractivity contribution in [1.29, 1.82) is 0 Å². The van der Waals surface area contributed by atoms with Gasteiger partial charge in [-0.25, -0.2) is 0 Å². The van der Waals surface area contributed by atoms with Crippen molar-refractivity contribution in [2.24, 2.45) is 0 Å². The zero-order valence-electron chi connectivity index (χ0n) is 10.9. The van der Waals surface area contributed by atoms with Gasteiger partial charge in [0.25, 0.3) is 0 Å². The third-order valence-electron chi connectivity index (χ3n) is 3.66. The van der Waals surface area contributed by atoms with Gasteiger partial charge in [0.2, 0.25) is 0 Å². The van der Waals surface area contributed by atoms with Crippen LogP contribution in [-0.4, -0.2) is 35.1 Å². The fourth-order valence-corrected chi connectivity index (χ4v) is 2.63. The van der Waals surface area contributed by atoms with Crippen molar-refractivity contribution < 1.29 is 9.90 Å². The first kappa shape index (κ1) is 13.1. The molecule has 1 heterocycles. The molecule has 1 N–H and O–H groups in total. The second kappa shape index (κ2) is 6.01. The molecule has 0 saturated carbocycles. The molecule has 98 valence electrons. The summed E-state index contributed by atoms with van der Waals surface area (Å²) < 4.78 is 0.